The second-order valence-electron chi connectivity index (χ2n) is 23.1. The molecule has 0 radical (unpaired) electrons. The van der Waals surface area contributed by atoms with E-state index in [1.54, 1.807) is 0 Å². The molecule has 0 aliphatic heterocycles. The van der Waals surface area contributed by atoms with E-state index in [1.165, 1.54) is 238 Å². The van der Waals surface area contributed by atoms with Gasteiger partial charge in [-0.25, -0.2) is 0 Å². The van der Waals surface area contributed by atoms with Crippen molar-refractivity contribution in [2.75, 3.05) is 13.2 Å². The van der Waals surface area contributed by atoms with Gasteiger partial charge in [-0.05, 0) is 83.5 Å². The molecule has 0 bridgehead atoms. The standard InChI is InChI=1S/C72H130O6/c1-4-7-10-13-16-19-22-24-26-28-30-32-33-34-35-36-37-38-39-41-42-44-46-48-50-53-56-59-62-65-71(74)77-68-69(67-76-70(73)64-61-58-55-52-21-18-15-12-9-6-3)78-72(75)66-63-60-57-54-51-49-47-45-43-40-31-29-27-25-23-20-17-14-11-8-5-2/h7,10,16,19,24,26,29-32,69H,4-6,8-9,11-15,17-18,20-23,25,27-28,33-68H2,1-3H3/b10-7-,19-16-,26-24-,31-29-,32-30-. The van der Waals surface area contributed by atoms with Crippen LogP contribution in [0, 0.1) is 0 Å². The number of hydrogen-bond acceptors (Lipinski definition) is 6. The van der Waals surface area contributed by atoms with E-state index in [4.69, 9.17) is 14.2 Å². The maximum absolute atomic E-state index is 12.9. The molecule has 0 aliphatic carbocycles. The zero-order chi connectivity index (χ0) is 56.4. The summed E-state index contributed by atoms with van der Waals surface area (Å²) in [5, 5.41) is 0. The van der Waals surface area contributed by atoms with Crippen LogP contribution < -0.4 is 0 Å². The minimum atomic E-state index is -0.772. The predicted molar refractivity (Wildman–Crippen MR) is 339 cm³/mol. The third-order valence-electron chi connectivity index (χ3n) is 15.3. The Labute approximate surface area is 485 Å². The van der Waals surface area contributed by atoms with Crippen LogP contribution in [0.15, 0.2) is 60.8 Å². The molecule has 0 aromatic heterocycles. The molecule has 0 saturated heterocycles. The van der Waals surface area contributed by atoms with Crippen molar-refractivity contribution in [2.45, 2.75) is 367 Å². The molecule has 1 unspecified atom stereocenters. The predicted octanol–water partition coefficient (Wildman–Crippen LogP) is 23.5. The molecule has 0 heterocycles. The SMILES string of the molecule is CC/C=C\C/C=C\C/C=C\C/C=C\CCCCCCCCCCCCCCCCCCC(=O)OCC(COC(=O)CCCCCCCCCCCC)OC(=O)CCCCCCCCCCC/C=C\CCCCCCCCCC. The number of rotatable bonds is 63. The maximum Gasteiger partial charge on any atom is 0.306 e. The average molecular weight is 1090 g/mol. The van der Waals surface area contributed by atoms with Crippen molar-refractivity contribution < 1.29 is 28.6 Å². The van der Waals surface area contributed by atoms with Crippen molar-refractivity contribution in [1.29, 1.82) is 0 Å². The third-order valence-corrected chi connectivity index (χ3v) is 15.3. The Kier molecular flexibility index (Phi) is 64.2. The van der Waals surface area contributed by atoms with Crippen molar-refractivity contribution in [3.63, 3.8) is 0 Å². The Hall–Kier alpha value is -2.89. The van der Waals surface area contributed by atoms with Crippen LogP contribution >= 0.6 is 0 Å². The summed E-state index contributed by atoms with van der Waals surface area (Å²) in [7, 11) is 0. The van der Waals surface area contributed by atoms with Gasteiger partial charge >= 0.3 is 17.9 Å². The summed E-state index contributed by atoms with van der Waals surface area (Å²) >= 11 is 0. The highest BCUT2D eigenvalue weighted by atomic mass is 16.6. The molecular formula is C72H130O6. The Bertz CT molecular complexity index is 1390. The number of carbonyl (C=O) groups excluding carboxylic acids is 3. The van der Waals surface area contributed by atoms with Crippen LogP contribution in [-0.4, -0.2) is 37.2 Å². The molecule has 6 heteroatoms. The van der Waals surface area contributed by atoms with Crippen LogP contribution in [0.25, 0.3) is 0 Å². The van der Waals surface area contributed by atoms with Gasteiger partial charge in [-0.3, -0.25) is 14.4 Å². The summed E-state index contributed by atoms with van der Waals surface area (Å²) in [6.45, 7) is 6.57. The molecule has 6 nitrogen and oxygen atoms in total. The summed E-state index contributed by atoms with van der Waals surface area (Å²) in [4.78, 5) is 38.3. The lowest BCUT2D eigenvalue weighted by atomic mass is 10.0. The van der Waals surface area contributed by atoms with Crippen molar-refractivity contribution in [2.24, 2.45) is 0 Å². The highest BCUT2D eigenvalue weighted by Crippen LogP contribution is 2.18. The Balaban J connectivity index is 4.15. The molecular weight excluding hydrogens is 961 g/mol. The first-order valence-electron chi connectivity index (χ1n) is 34.3. The average Bonchev–Trinajstić information content (AvgIpc) is 3.44. The van der Waals surface area contributed by atoms with E-state index in [0.717, 1.165) is 83.5 Å². The third kappa shape index (κ3) is 63.9. The van der Waals surface area contributed by atoms with Gasteiger partial charge in [0, 0.05) is 19.3 Å². The second-order valence-corrected chi connectivity index (χ2v) is 23.1. The van der Waals surface area contributed by atoms with E-state index < -0.39 is 6.10 Å². The van der Waals surface area contributed by atoms with E-state index >= 15 is 0 Å². The van der Waals surface area contributed by atoms with E-state index in [2.05, 4.69) is 81.5 Å². The van der Waals surface area contributed by atoms with Gasteiger partial charge in [-0.1, -0.05) is 319 Å². The zero-order valence-corrected chi connectivity index (χ0v) is 52.2. The Morgan fingerprint density at radius 1 is 0.269 bits per heavy atom. The fourth-order valence-corrected chi connectivity index (χ4v) is 10.1. The van der Waals surface area contributed by atoms with Crippen molar-refractivity contribution >= 4 is 17.9 Å². The van der Waals surface area contributed by atoms with Crippen LogP contribution in [0.4, 0.5) is 0 Å². The molecule has 0 aliphatic rings. The van der Waals surface area contributed by atoms with Gasteiger partial charge in [0.25, 0.3) is 0 Å². The summed E-state index contributed by atoms with van der Waals surface area (Å²) < 4.78 is 16.9. The van der Waals surface area contributed by atoms with Gasteiger partial charge in [0.1, 0.15) is 13.2 Å². The molecule has 0 spiro atoms. The first-order chi connectivity index (χ1) is 38.5. The highest BCUT2D eigenvalue weighted by Gasteiger charge is 2.19. The van der Waals surface area contributed by atoms with Gasteiger partial charge in [0.15, 0.2) is 6.10 Å². The number of unbranched alkanes of at least 4 members (excludes halogenated alkanes) is 42. The summed E-state index contributed by atoms with van der Waals surface area (Å²) in [6.07, 6.45) is 85.4. The molecule has 0 aromatic carbocycles. The topological polar surface area (TPSA) is 78.9 Å². The molecule has 1 atom stereocenters. The fourth-order valence-electron chi connectivity index (χ4n) is 10.1. The zero-order valence-electron chi connectivity index (χ0n) is 52.2. The van der Waals surface area contributed by atoms with Crippen LogP contribution in [0.5, 0.6) is 0 Å². The minimum Gasteiger partial charge on any atom is -0.462 e. The van der Waals surface area contributed by atoms with Crippen LogP contribution in [0.3, 0.4) is 0 Å². The number of hydrogen-bond donors (Lipinski definition) is 0. The van der Waals surface area contributed by atoms with E-state index in [-0.39, 0.29) is 31.1 Å². The number of ether oxygens (including phenoxy) is 3. The molecule has 0 saturated carbocycles. The summed E-state index contributed by atoms with van der Waals surface area (Å²) in [5.74, 6) is -0.851. The molecule has 0 rings (SSSR count). The number of esters is 3. The molecule has 454 valence electrons. The summed E-state index contributed by atoms with van der Waals surface area (Å²) in [6, 6.07) is 0. The Morgan fingerprint density at radius 2 is 0.500 bits per heavy atom. The molecule has 0 N–H and O–H groups in total. The van der Waals surface area contributed by atoms with Gasteiger partial charge in [0.2, 0.25) is 0 Å². The van der Waals surface area contributed by atoms with Gasteiger partial charge in [0.05, 0.1) is 0 Å². The van der Waals surface area contributed by atoms with Crippen LogP contribution in [0.2, 0.25) is 0 Å². The van der Waals surface area contributed by atoms with Crippen molar-refractivity contribution in [1.82, 2.24) is 0 Å². The van der Waals surface area contributed by atoms with Crippen molar-refractivity contribution in [3.05, 3.63) is 60.8 Å². The maximum atomic E-state index is 12.9. The number of carbonyl (C=O) groups is 3. The van der Waals surface area contributed by atoms with Crippen LogP contribution in [-0.2, 0) is 28.6 Å². The lowest BCUT2D eigenvalue weighted by Crippen LogP contribution is -2.30. The molecule has 0 amide bonds. The first kappa shape index (κ1) is 75.1. The quantitative estimate of drug-likeness (QED) is 0.0261. The normalized spacial score (nSPS) is 12.4. The minimum absolute atomic E-state index is 0.0696. The largest absolute Gasteiger partial charge is 0.462 e. The van der Waals surface area contributed by atoms with Crippen molar-refractivity contribution in [3.8, 4) is 0 Å². The van der Waals surface area contributed by atoms with E-state index in [9.17, 15) is 14.4 Å². The fraction of sp³-hybridized carbons (Fsp3) is 0.819. The molecule has 78 heavy (non-hydrogen) atoms. The molecule has 0 fully saturated rings. The number of allylic oxidation sites excluding steroid dienone is 10. The first-order valence-corrected chi connectivity index (χ1v) is 34.3. The Morgan fingerprint density at radius 3 is 0.795 bits per heavy atom. The lowest BCUT2D eigenvalue weighted by Gasteiger charge is -2.18. The van der Waals surface area contributed by atoms with Gasteiger partial charge in [-0.2, -0.15) is 0 Å². The second kappa shape index (κ2) is 66.6. The van der Waals surface area contributed by atoms with Gasteiger partial charge in [-0.15, -0.1) is 0 Å². The van der Waals surface area contributed by atoms with E-state index in [0.29, 0.717) is 19.3 Å². The van der Waals surface area contributed by atoms with Crippen LogP contribution in [0.1, 0.15) is 361 Å². The van der Waals surface area contributed by atoms with Gasteiger partial charge < -0.3 is 14.2 Å². The smallest absolute Gasteiger partial charge is 0.306 e. The summed E-state index contributed by atoms with van der Waals surface area (Å²) in [5.41, 5.74) is 0. The van der Waals surface area contributed by atoms with E-state index in [1.807, 2.05) is 0 Å². The lowest BCUT2D eigenvalue weighted by molar-refractivity contribution is -0.167. The highest BCUT2D eigenvalue weighted by molar-refractivity contribution is 5.71. The molecule has 0 aromatic rings. The monoisotopic (exact) mass is 1090 g/mol.